The minimum absolute atomic E-state index is 0.138. The summed E-state index contributed by atoms with van der Waals surface area (Å²) in [5.74, 6) is 0. The summed E-state index contributed by atoms with van der Waals surface area (Å²) in [5, 5.41) is 6.06. The van der Waals surface area contributed by atoms with Gasteiger partial charge in [-0.2, -0.15) is 5.10 Å². The van der Waals surface area contributed by atoms with Crippen LogP contribution in [0.15, 0.2) is 41.7 Å². The van der Waals surface area contributed by atoms with Crippen LogP contribution in [0.4, 0.5) is 0 Å². The molecule has 0 amide bonds. The fraction of sp³-hybridized carbons (Fsp3) is 0.200. The molecular formula is C10H12N4O2S. The molecular weight excluding hydrogens is 240 g/mol. The number of rotatable bonds is 5. The summed E-state index contributed by atoms with van der Waals surface area (Å²) in [7, 11) is -3.46. The van der Waals surface area contributed by atoms with E-state index in [4.69, 9.17) is 0 Å². The molecule has 0 fully saturated rings. The highest BCUT2D eigenvalue weighted by molar-refractivity contribution is 7.89. The van der Waals surface area contributed by atoms with E-state index in [1.54, 1.807) is 6.20 Å². The van der Waals surface area contributed by atoms with Gasteiger partial charge < -0.3 is 0 Å². The van der Waals surface area contributed by atoms with E-state index in [-0.39, 0.29) is 4.90 Å². The van der Waals surface area contributed by atoms with Crippen LogP contribution < -0.4 is 4.72 Å². The van der Waals surface area contributed by atoms with Crippen molar-refractivity contribution in [3.63, 3.8) is 0 Å². The van der Waals surface area contributed by atoms with Crippen molar-refractivity contribution < 1.29 is 8.42 Å². The highest BCUT2D eigenvalue weighted by Gasteiger charge is 2.13. The summed E-state index contributed by atoms with van der Waals surface area (Å²) in [4.78, 5) is 4.25. The number of nitrogens with zero attached hydrogens (tertiary/aromatic N) is 2. The molecule has 0 aliphatic rings. The third-order valence-electron chi connectivity index (χ3n) is 2.18. The molecule has 0 aliphatic carbocycles. The summed E-state index contributed by atoms with van der Waals surface area (Å²) >= 11 is 0. The Morgan fingerprint density at radius 3 is 2.88 bits per heavy atom. The van der Waals surface area contributed by atoms with E-state index < -0.39 is 10.0 Å². The van der Waals surface area contributed by atoms with Crippen molar-refractivity contribution in [3.05, 3.63) is 42.5 Å². The van der Waals surface area contributed by atoms with Crippen LogP contribution in [0.25, 0.3) is 0 Å². The van der Waals surface area contributed by atoms with Gasteiger partial charge in [0.15, 0.2) is 0 Å². The Labute approximate surface area is 99.1 Å². The molecule has 2 heterocycles. The van der Waals surface area contributed by atoms with Gasteiger partial charge >= 0.3 is 0 Å². The van der Waals surface area contributed by atoms with Gasteiger partial charge in [0.2, 0.25) is 10.0 Å². The van der Waals surface area contributed by atoms with Crippen molar-refractivity contribution in [1.82, 2.24) is 19.9 Å². The lowest BCUT2D eigenvalue weighted by molar-refractivity contribution is 0.581. The zero-order chi connectivity index (χ0) is 12.1. The molecule has 6 nitrogen and oxygen atoms in total. The second kappa shape index (κ2) is 5.07. The quantitative estimate of drug-likeness (QED) is 0.802. The SMILES string of the molecule is O=S(=O)(NCCc1ccccn1)c1cn[nH]c1. The third-order valence-corrected chi connectivity index (χ3v) is 3.61. The van der Waals surface area contributed by atoms with Crippen LogP contribution in [0, 0.1) is 0 Å². The summed E-state index contributed by atoms with van der Waals surface area (Å²) in [6.45, 7) is 0.310. The highest BCUT2D eigenvalue weighted by Crippen LogP contribution is 2.04. The molecule has 0 unspecified atom stereocenters. The van der Waals surface area contributed by atoms with Gasteiger partial charge in [-0.25, -0.2) is 13.1 Å². The molecule has 0 aromatic carbocycles. The number of hydrogen-bond donors (Lipinski definition) is 2. The number of aromatic amines is 1. The molecule has 17 heavy (non-hydrogen) atoms. The molecule has 2 aromatic rings. The summed E-state index contributed by atoms with van der Waals surface area (Å²) < 4.78 is 25.9. The van der Waals surface area contributed by atoms with E-state index in [0.29, 0.717) is 13.0 Å². The Balaban J connectivity index is 1.91. The summed E-state index contributed by atoms with van der Waals surface area (Å²) in [6, 6.07) is 5.54. The molecule has 0 bridgehead atoms. The molecule has 0 spiro atoms. The second-order valence-corrected chi connectivity index (χ2v) is 5.17. The van der Waals surface area contributed by atoms with E-state index in [0.717, 1.165) is 5.69 Å². The Hall–Kier alpha value is -1.73. The fourth-order valence-corrected chi connectivity index (χ4v) is 2.27. The van der Waals surface area contributed by atoms with Crippen LogP contribution in [-0.4, -0.2) is 30.1 Å². The standard InChI is InChI=1S/C10H12N4O2S/c15-17(16,10-7-12-13-8-10)14-6-4-9-3-1-2-5-11-9/h1-3,5,7-8,14H,4,6H2,(H,12,13). The van der Waals surface area contributed by atoms with Crippen LogP contribution in [0.1, 0.15) is 5.69 Å². The Morgan fingerprint density at radius 2 is 2.24 bits per heavy atom. The minimum Gasteiger partial charge on any atom is -0.284 e. The van der Waals surface area contributed by atoms with E-state index >= 15 is 0 Å². The van der Waals surface area contributed by atoms with Crippen molar-refractivity contribution in [2.45, 2.75) is 11.3 Å². The van der Waals surface area contributed by atoms with E-state index in [1.165, 1.54) is 12.4 Å². The molecule has 7 heteroatoms. The molecule has 90 valence electrons. The molecule has 2 aromatic heterocycles. The van der Waals surface area contributed by atoms with Crippen LogP contribution in [0.2, 0.25) is 0 Å². The van der Waals surface area contributed by atoms with E-state index in [2.05, 4.69) is 19.9 Å². The maximum Gasteiger partial charge on any atom is 0.243 e. The fourth-order valence-electron chi connectivity index (χ4n) is 1.33. The average molecular weight is 252 g/mol. The van der Waals surface area contributed by atoms with Gasteiger partial charge in [-0.15, -0.1) is 0 Å². The second-order valence-electron chi connectivity index (χ2n) is 3.40. The van der Waals surface area contributed by atoms with Gasteiger partial charge in [0.1, 0.15) is 4.90 Å². The molecule has 0 saturated heterocycles. The summed E-state index contributed by atoms with van der Waals surface area (Å²) in [6.07, 6.45) is 4.84. The van der Waals surface area contributed by atoms with Crippen molar-refractivity contribution in [3.8, 4) is 0 Å². The van der Waals surface area contributed by atoms with Crippen molar-refractivity contribution in [2.75, 3.05) is 6.54 Å². The van der Waals surface area contributed by atoms with Crippen LogP contribution in [-0.2, 0) is 16.4 Å². The lowest BCUT2D eigenvalue weighted by atomic mass is 10.3. The van der Waals surface area contributed by atoms with Gasteiger partial charge in [-0.1, -0.05) is 6.07 Å². The van der Waals surface area contributed by atoms with Gasteiger partial charge in [0.05, 0.1) is 6.20 Å². The molecule has 0 saturated carbocycles. The number of aromatic nitrogens is 3. The first-order valence-electron chi connectivity index (χ1n) is 5.07. The zero-order valence-corrected chi connectivity index (χ0v) is 9.81. The van der Waals surface area contributed by atoms with Gasteiger partial charge in [0, 0.05) is 31.1 Å². The molecule has 2 rings (SSSR count). The predicted molar refractivity (Wildman–Crippen MR) is 61.7 cm³/mol. The first-order valence-corrected chi connectivity index (χ1v) is 6.55. The van der Waals surface area contributed by atoms with E-state index in [1.807, 2.05) is 18.2 Å². The topological polar surface area (TPSA) is 87.7 Å². The predicted octanol–water partition coefficient (Wildman–Crippen LogP) is 0.326. The molecule has 0 atom stereocenters. The summed E-state index contributed by atoms with van der Waals surface area (Å²) in [5.41, 5.74) is 0.849. The first kappa shape index (κ1) is 11.7. The van der Waals surface area contributed by atoms with Crippen molar-refractivity contribution >= 4 is 10.0 Å². The van der Waals surface area contributed by atoms with Crippen LogP contribution in [0.5, 0.6) is 0 Å². The zero-order valence-electron chi connectivity index (χ0n) is 9.00. The Kier molecular flexibility index (Phi) is 3.50. The Bertz CT molecular complexity index is 551. The van der Waals surface area contributed by atoms with Crippen LogP contribution in [0.3, 0.4) is 0 Å². The third kappa shape index (κ3) is 3.11. The highest BCUT2D eigenvalue weighted by atomic mass is 32.2. The van der Waals surface area contributed by atoms with Gasteiger partial charge in [0.25, 0.3) is 0 Å². The van der Waals surface area contributed by atoms with Crippen molar-refractivity contribution in [2.24, 2.45) is 0 Å². The molecule has 0 radical (unpaired) electrons. The monoisotopic (exact) mass is 252 g/mol. The lowest BCUT2D eigenvalue weighted by Crippen LogP contribution is -2.25. The minimum atomic E-state index is -3.46. The van der Waals surface area contributed by atoms with Crippen molar-refractivity contribution in [1.29, 1.82) is 0 Å². The first-order chi connectivity index (χ1) is 8.18. The Morgan fingerprint density at radius 1 is 1.35 bits per heavy atom. The molecule has 0 aliphatic heterocycles. The van der Waals surface area contributed by atoms with Crippen LogP contribution >= 0.6 is 0 Å². The lowest BCUT2D eigenvalue weighted by Gasteiger charge is -2.03. The van der Waals surface area contributed by atoms with E-state index in [9.17, 15) is 8.42 Å². The maximum atomic E-state index is 11.7. The largest absolute Gasteiger partial charge is 0.284 e. The van der Waals surface area contributed by atoms with Gasteiger partial charge in [-0.3, -0.25) is 10.1 Å². The van der Waals surface area contributed by atoms with Gasteiger partial charge in [-0.05, 0) is 12.1 Å². The maximum absolute atomic E-state index is 11.7. The normalized spacial score (nSPS) is 11.5. The number of sulfonamides is 1. The smallest absolute Gasteiger partial charge is 0.243 e. The average Bonchev–Trinajstić information content (AvgIpc) is 2.84. The molecule has 2 N–H and O–H groups in total. The number of pyridine rings is 1. The number of hydrogen-bond acceptors (Lipinski definition) is 4. The number of nitrogens with one attached hydrogen (secondary N) is 2. The number of H-pyrrole nitrogens is 1.